The van der Waals surface area contributed by atoms with Crippen LogP contribution in [-0.4, -0.2) is 14.8 Å². The van der Waals surface area contributed by atoms with Gasteiger partial charge in [-0.2, -0.15) is 0 Å². The molecule has 0 saturated carbocycles. The van der Waals surface area contributed by atoms with E-state index in [2.05, 4.69) is 17.1 Å². The summed E-state index contributed by atoms with van der Waals surface area (Å²) in [5, 5.41) is 10.00. The summed E-state index contributed by atoms with van der Waals surface area (Å²) in [4.78, 5) is 0. The second-order valence-corrected chi connectivity index (χ2v) is 7.26. The predicted molar refractivity (Wildman–Crippen MR) is 97.5 cm³/mol. The summed E-state index contributed by atoms with van der Waals surface area (Å²) in [6, 6.07) is 13.7. The van der Waals surface area contributed by atoms with E-state index < -0.39 is 0 Å². The third-order valence-corrected chi connectivity index (χ3v) is 5.17. The van der Waals surface area contributed by atoms with Crippen molar-refractivity contribution in [2.24, 2.45) is 7.05 Å². The number of aromatic nitrogens is 3. The Labute approximate surface area is 155 Å². The van der Waals surface area contributed by atoms with Crippen molar-refractivity contribution in [2.75, 3.05) is 0 Å². The van der Waals surface area contributed by atoms with Crippen molar-refractivity contribution in [1.82, 2.24) is 14.8 Å². The predicted octanol–water partition coefficient (Wildman–Crippen LogP) is 5.04. The van der Waals surface area contributed by atoms with E-state index in [1.165, 1.54) is 12.1 Å². The highest BCUT2D eigenvalue weighted by Gasteiger charge is 2.15. The molecule has 25 heavy (non-hydrogen) atoms. The van der Waals surface area contributed by atoms with Crippen molar-refractivity contribution in [3.63, 3.8) is 0 Å². The van der Waals surface area contributed by atoms with Crippen LogP contribution in [0.2, 0.25) is 5.02 Å². The molecule has 0 saturated heterocycles. The standard InChI is InChI=1S/C18H17ClFN3OS/c1-12(13-3-7-15(20)8-4-13)25-18-22-21-17(23(18)2)11-24-16-9-5-14(19)6-10-16/h3-10,12H,11H2,1-2H3. The molecule has 0 N–H and O–H groups in total. The molecule has 130 valence electrons. The molecule has 0 amide bonds. The highest BCUT2D eigenvalue weighted by Crippen LogP contribution is 2.33. The Bertz CT molecular complexity index is 837. The number of rotatable bonds is 6. The lowest BCUT2D eigenvalue weighted by Gasteiger charge is -2.11. The average Bonchev–Trinajstić information content (AvgIpc) is 2.95. The first kappa shape index (κ1) is 17.8. The summed E-state index contributed by atoms with van der Waals surface area (Å²) in [5.41, 5.74) is 1.04. The fourth-order valence-corrected chi connectivity index (χ4v) is 3.30. The first-order valence-electron chi connectivity index (χ1n) is 7.71. The minimum Gasteiger partial charge on any atom is -0.486 e. The maximum Gasteiger partial charge on any atom is 0.191 e. The first-order chi connectivity index (χ1) is 12.0. The van der Waals surface area contributed by atoms with Crippen LogP contribution in [0.5, 0.6) is 5.75 Å². The van der Waals surface area contributed by atoms with Crippen LogP contribution >= 0.6 is 23.4 Å². The second-order valence-electron chi connectivity index (χ2n) is 5.51. The number of hydrogen-bond donors (Lipinski definition) is 0. The second kappa shape index (κ2) is 7.89. The molecule has 0 fully saturated rings. The number of benzene rings is 2. The molecular formula is C18H17ClFN3OS. The zero-order chi connectivity index (χ0) is 17.8. The van der Waals surface area contributed by atoms with Gasteiger partial charge < -0.3 is 9.30 Å². The smallest absolute Gasteiger partial charge is 0.191 e. The highest BCUT2D eigenvalue weighted by molar-refractivity contribution is 7.99. The topological polar surface area (TPSA) is 39.9 Å². The number of hydrogen-bond acceptors (Lipinski definition) is 4. The van der Waals surface area contributed by atoms with Crippen molar-refractivity contribution >= 4 is 23.4 Å². The summed E-state index contributed by atoms with van der Waals surface area (Å²) in [5.74, 6) is 1.21. The van der Waals surface area contributed by atoms with Crippen LogP contribution in [0.1, 0.15) is 23.6 Å². The Kier molecular flexibility index (Phi) is 5.60. The summed E-state index contributed by atoms with van der Waals surface area (Å²) in [6.45, 7) is 2.37. The van der Waals surface area contributed by atoms with Crippen LogP contribution in [0.4, 0.5) is 4.39 Å². The zero-order valence-corrected chi connectivity index (χ0v) is 15.4. The normalized spacial score (nSPS) is 12.2. The van der Waals surface area contributed by atoms with E-state index in [1.807, 2.05) is 23.7 Å². The van der Waals surface area contributed by atoms with Gasteiger partial charge >= 0.3 is 0 Å². The van der Waals surface area contributed by atoms with Gasteiger partial charge in [-0.3, -0.25) is 0 Å². The maximum atomic E-state index is 13.0. The number of halogens is 2. The molecule has 1 aromatic heterocycles. The maximum absolute atomic E-state index is 13.0. The Morgan fingerprint density at radius 1 is 1.12 bits per heavy atom. The van der Waals surface area contributed by atoms with E-state index in [0.29, 0.717) is 11.6 Å². The fraction of sp³-hybridized carbons (Fsp3) is 0.222. The van der Waals surface area contributed by atoms with E-state index in [0.717, 1.165) is 22.3 Å². The van der Waals surface area contributed by atoms with Crippen LogP contribution in [0.15, 0.2) is 53.7 Å². The molecule has 2 aromatic carbocycles. The zero-order valence-electron chi connectivity index (χ0n) is 13.8. The third kappa shape index (κ3) is 4.52. The first-order valence-corrected chi connectivity index (χ1v) is 8.97. The van der Waals surface area contributed by atoms with E-state index >= 15 is 0 Å². The highest BCUT2D eigenvalue weighted by atomic mass is 35.5. The molecule has 7 heteroatoms. The monoisotopic (exact) mass is 377 g/mol. The Balaban J connectivity index is 1.64. The van der Waals surface area contributed by atoms with Gasteiger partial charge in [0.05, 0.1) is 0 Å². The van der Waals surface area contributed by atoms with Crippen LogP contribution in [0.3, 0.4) is 0 Å². The van der Waals surface area contributed by atoms with E-state index in [4.69, 9.17) is 16.3 Å². The van der Waals surface area contributed by atoms with Gasteiger partial charge in [-0.1, -0.05) is 35.5 Å². The Hall–Kier alpha value is -2.05. The Morgan fingerprint density at radius 3 is 2.48 bits per heavy atom. The molecule has 4 nitrogen and oxygen atoms in total. The summed E-state index contributed by atoms with van der Waals surface area (Å²) < 4.78 is 20.7. The van der Waals surface area contributed by atoms with E-state index in [9.17, 15) is 4.39 Å². The number of nitrogens with zero attached hydrogens (tertiary/aromatic N) is 3. The van der Waals surface area contributed by atoms with Crippen molar-refractivity contribution in [3.05, 3.63) is 70.8 Å². The van der Waals surface area contributed by atoms with Crippen molar-refractivity contribution in [3.8, 4) is 5.75 Å². The largest absolute Gasteiger partial charge is 0.486 e. The SMILES string of the molecule is CC(Sc1nnc(COc2ccc(Cl)cc2)n1C)c1ccc(F)cc1. The molecule has 1 heterocycles. The number of thioether (sulfide) groups is 1. The van der Waals surface area contributed by atoms with Gasteiger partial charge in [-0.25, -0.2) is 4.39 Å². The van der Waals surface area contributed by atoms with Gasteiger partial charge in [0.2, 0.25) is 0 Å². The molecule has 3 rings (SSSR count). The van der Waals surface area contributed by atoms with Crippen LogP contribution in [0, 0.1) is 5.82 Å². The molecule has 0 bridgehead atoms. The average molecular weight is 378 g/mol. The van der Waals surface area contributed by atoms with Gasteiger partial charge in [0, 0.05) is 17.3 Å². The van der Waals surface area contributed by atoms with Crippen molar-refractivity contribution in [2.45, 2.75) is 23.9 Å². The fourth-order valence-electron chi connectivity index (χ4n) is 2.21. The third-order valence-electron chi connectivity index (χ3n) is 3.73. The van der Waals surface area contributed by atoms with E-state index in [1.54, 1.807) is 36.0 Å². The molecule has 3 aromatic rings. The molecule has 0 aliphatic carbocycles. The summed E-state index contributed by atoms with van der Waals surface area (Å²) in [7, 11) is 1.90. The van der Waals surface area contributed by atoms with Gasteiger partial charge in [0.15, 0.2) is 11.0 Å². The lowest BCUT2D eigenvalue weighted by atomic mass is 10.2. The minimum absolute atomic E-state index is 0.133. The van der Waals surface area contributed by atoms with Crippen molar-refractivity contribution in [1.29, 1.82) is 0 Å². The Morgan fingerprint density at radius 2 is 1.80 bits per heavy atom. The molecule has 1 unspecified atom stereocenters. The van der Waals surface area contributed by atoms with Gasteiger partial charge in [-0.15, -0.1) is 10.2 Å². The molecule has 0 aliphatic rings. The van der Waals surface area contributed by atoms with E-state index in [-0.39, 0.29) is 11.1 Å². The molecule has 0 spiro atoms. The van der Waals surface area contributed by atoms with Crippen LogP contribution < -0.4 is 4.74 Å². The summed E-state index contributed by atoms with van der Waals surface area (Å²) in [6.07, 6.45) is 0. The quantitative estimate of drug-likeness (QED) is 0.564. The number of ether oxygens (including phenoxy) is 1. The van der Waals surface area contributed by atoms with Gasteiger partial charge in [0.25, 0.3) is 0 Å². The minimum atomic E-state index is -0.235. The molecule has 1 atom stereocenters. The summed E-state index contributed by atoms with van der Waals surface area (Å²) >= 11 is 7.43. The van der Waals surface area contributed by atoms with Gasteiger partial charge in [-0.05, 0) is 48.9 Å². The molecule has 0 aliphatic heterocycles. The van der Waals surface area contributed by atoms with Crippen LogP contribution in [0.25, 0.3) is 0 Å². The van der Waals surface area contributed by atoms with Gasteiger partial charge in [0.1, 0.15) is 18.2 Å². The van der Waals surface area contributed by atoms with Crippen molar-refractivity contribution < 1.29 is 9.13 Å². The lowest BCUT2D eigenvalue weighted by molar-refractivity contribution is 0.290. The molecule has 0 radical (unpaired) electrons. The van der Waals surface area contributed by atoms with Crippen LogP contribution in [-0.2, 0) is 13.7 Å². The lowest BCUT2D eigenvalue weighted by Crippen LogP contribution is -2.04. The molecular weight excluding hydrogens is 361 g/mol.